The van der Waals surface area contributed by atoms with Gasteiger partial charge < -0.3 is 25.0 Å². The first kappa shape index (κ1) is 27.9. The van der Waals surface area contributed by atoms with Gasteiger partial charge in [0.2, 0.25) is 5.91 Å². The third kappa shape index (κ3) is 7.71. The minimum Gasteiger partial charge on any atom is -0.493 e. The smallest absolute Gasteiger partial charge is 0.285 e. The summed E-state index contributed by atoms with van der Waals surface area (Å²) in [4.78, 5) is 39.8. The van der Waals surface area contributed by atoms with Gasteiger partial charge in [0.25, 0.3) is 11.5 Å². The molecule has 1 fully saturated rings. The van der Waals surface area contributed by atoms with Gasteiger partial charge in [-0.1, -0.05) is 29.8 Å². The van der Waals surface area contributed by atoms with Gasteiger partial charge >= 0.3 is 0 Å². The third-order valence-corrected chi connectivity index (χ3v) is 6.64. The number of aromatic amines is 1. The summed E-state index contributed by atoms with van der Waals surface area (Å²) in [6.07, 6.45) is 1.44. The Morgan fingerprint density at radius 1 is 1.05 bits per heavy atom. The van der Waals surface area contributed by atoms with Gasteiger partial charge in [0, 0.05) is 51.9 Å². The van der Waals surface area contributed by atoms with Crippen LogP contribution in [0.25, 0.3) is 0 Å². The molecule has 2 amide bonds. The predicted octanol–water partition coefficient (Wildman–Crippen LogP) is 2.73. The summed E-state index contributed by atoms with van der Waals surface area (Å²) < 4.78 is 11.3. The number of amides is 2. The molecule has 1 aliphatic heterocycles. The number of ether oxygens (including phenoxy) is 2. The zero-order valence-corrected chi connectivity index (χ0v) is 22.6. The maximum Gasteiger partial charge on any atom is 0.285 e. The number of rotatable bonds is 10. The molecule has 3 N–H and O–H groups in total. The van der Waals surface area contributed by atoms with Crippen molar-refractivity contribution in [2.24, 2.45) is 0 Å². The molecule has 12 heteroatoms. The largest absolute Gasteiger partial charge is 0.493 e. The van der Waals surface area contributed by atoms with Crippen molar-refractivity contribution in [3.8, 4) is 11.5 Å². The molecule has 0 atom stereocenters. The fourth-order valence-electron chi connectivity index (χ4n) is 4.19. The van der Waals surface area contributed by atoms with E-state index in [1.807, 2.05) is 30.3 Å². The molecule has 11 nitrogen and oxygen atoms in total. The summed E-state index contributed by atoms with van der Waals surface area (Å²) in [6.45, 7) is 5.23. The number of benzene rings is 2. The van der Waals surface area contributed by atoms with Crippen molar-refractivity contribution in [2.75, 3.05) is 50.5 Å². The van der Waals surface area contributed by atoms with Crippen molar-refractivity contribution in [2.45, 2.75) is 20.0 Å². The molecule has 4 rings (SSSR count). The van der Waals surface area contributed by atoms with Gasteiger partial charge in [-0.25, -0.2) is 5.10 Å². The topological polar surface area (TPSA) is 129 Å². The highest BCUT2D eigenvalue weighted by Gasteiger charge is 2.22. The third-order valence-electron chi connectivity index (χ3n) is 6.26. The molecule has 3 aromatic rings. The number of anilines is 2. The average Bonchev–Trinajstić information content (AvgIpc) is 2.93. The molecule has 2 heterocycles. The number of aromatic nitrogens is 2. The van der Waals surface area contributed by atoms with E-state index in [0.717, 1.165) is 36.4 Å². The number of hydrogen-bond donors (Lipinski definition) is 3. The summed E-state index contributed by atoms with van der Waals surface area (Å²) in [6, 6.07) is 13.2. The number of carbonyl (C=O) groups excluding carboxylic acids is 2. The number of nitrogens with zero attached hydrogens (tertiary/aromatic N) is 3. The number of piperazine rings is 1. The first-order valence-corrected chi connectivity index (χ1v) is 12.8. The van der Waals surface area contributed by atoms with E-state index < -0.39 is 5.56 Å². The lowest BCUT2D eigenvalue weighted by atomic mass is 10.1. The van der Waals surface area contributed by atoms with E-state index in [9.17, 15) is 14.4 Å². The SMILES string of the molecule is COc1ccc(CNc2cn[nH]c(=O)c2Cl)cc1OCC(=O)N1CCN(Cc2ccc(NC(C)=O)cc2)CC1. The number of nitrogens with one attached hydrogen (secondary N) is 3. The van der Waals surface area contributed by atoms with Crippen LogP contribution in [-0.2, 0) is 22.7 Å². The summed E-state index contributed by atoms with van der Waals surface area (Å²) in [7, 11) is 1.54. The van der Waals surface area contributed by atoms with E-state index in [-0.39, 0.29) is 23.4 Å². The minimum atomic E-state index is -0.475. The van der Waals surface area contributed by atoms with Gasteiger partial charge in [0.15, 0.2) is 18.1 Å². The van der Waals surface area contributed by atoms with Crippen LogP contribution in [-0.4, -0.2) is 71.7 Å². The molecule has 39 heavy (non-hydrogen) atoms. The van der Waals surface area contributed by atoms with Crippen LogP contribution < -0.4 is 25.7 Å². The maximum absolute atomic E-state index is 12.9. The van der Waals surface area contributed by atoms with Crippen LogP contribution in [0, 0.1) is 0 Å². The van der Waals surface area contributed by atoms with Crippen LogP contribution >= 0.6 is 11.6 Å². The summed E-state index contributed by atoms with van der Waals surface area (Å²) in [5, 5.41) is 11.9. The van der Waals surface area contributed by atoms with Crippen LogP contribution in [0.4, 0.5) is 11.4 Å². The number of hydrogen-bond acceptors (Lipinski definition) is 8. The van der Waals surface area contributed by atoms with E-state index >= 15 is 0 Å². The second-order valence-electron chi connectivity index (χ2n) is 9.09. The van der Waals surface area contributed by atoms with Crippen LogP contribution in [0.3, 0.4) is 0 Å². The number of methoxy groups -OCH3 is 1. The van der Waals surface area contributed by atoms with Crippen molar-refractivity contribution in [1.82, 2.24) is 20.0 Å². The Balaban J connectivity index is 1.26. The zero-order chi connectivity index (χ0) is 27.8. The fraction of sp³-hybridized carbons (Fsp3) is 0.333. The molecular formula is C27H31ClN6O5. The minimum absolute atomic E-state index is 0.0283. The number of carbonyl (C=O) groups is 2. The predicted molar refractivity (Wildman–Crippen MR) is 148 cm³/mol. The monoisotopic (exact) mass is 554 g/mol. The lowest BCUT2D eigenvalue weighted by Gasteiger charge is -2.34. The Morgan fingerprint density at radius 2 is 1.77 bits per heavy atom. The van der Waals surface area contributed by atoms with E-state index in [4.69, 9.17) is 21.1 Å². The summed E-state index contributed by atoms with van der Waals surface area (Å²) in [5.41, 5.74) is 2.70. The van der Waals surface area contributed by atoms with E-state index in [2.05, 4.69) is 25.7 Å². The highest BCUT2D eigenvalue weighted by atomic mass is 35.5. The lowest BCUT2D eigenvalue weighted by molar-refractivity contribution is -0.135. The summed E-state index contributed by atoms with van der Waals surface area (Å²) in [5.74, 6) is 0.764. The van der Waals surface area contributed by atoms with Gasteiger partial charge in [-0.2, -0.15) is 5.10 Å². The van der Waals surface area contributed by atoms with Crippen LogP contribution in [0.5, 0.6) is 11.5 Å². The van der Waals surface area contributed by atoms with Crippen molar-refractivity contribution >= 4 is 34.8 Å². The molecule has 206 valence electrons. The van der Waals surface area contributed by atoms with Crippen molar-refractivity contribution in [3.63, 3.8) is 0 Å². The first-order valence-electron chi connectivity index (χ1n) is 12.5. The number of halogens is 1. The molecule has 2 aromatic carbocycles. The Morgan fingerprint density at radius 3 is 2.46 bits per heavy atom. The van der Waals surface area contributed by atoms with Gasteiger partial charge in [0.1, 0.15) is 5.02 Å². The van der Waals surface area contributed by atoms with E-state index in [1.165, 1.54) is 20.2 Å². The average molecular weight is 555 g/mol. The molecule has 1 saturated heterocycles. The Bertz CT molecular complexity index is 1360. The van der Waals surface area contributed by atoms with Gasteiger partial charge in [-0.3, -0.25) is 19.3 Å². The normalized spacial score (nSPS) is 13.6. The Kier molecular flexibility index (Phi) is 9.40. The molecule has 0 spiro atoms. The first-order chi connectivity index (χ1) is 18.8. The number of H-pyrrole nitrogens is 1. The van der Waals surface area contributed by atoms with E-state index in [1.54, 1.807) is 17.0 Å². The zero-order valence-electron chi connectivity index (χ0n) is 21.8. The van der Waals surface area contributed by atoms with Crippen LogP contribution in [0.2, 0.25) is 5.02 Å². The molecule has 0 radical (unpaired) electrons. The highest BCUT2D eigenvalue weighted by molar-refractivity contribution is 6.32. The quantitative estimate of drug-likeness (QED) is 0.349. The standard InChI is InChI=1S/C27H31ClN6O5/c1-18(35)31-21-6-3-19(4-7-21)16-33-9-11-34(12-10-33)25(36)17-39-24-13-20(5-8-23(24)38-2)14-29-22-15-30-32-27(37)26(22)28/h3-8,13,15H,9-12,14,16-17H2,1-2H3,(H,31,35)(H2,29,32,37). The molecule has 0 bridgehead atoms. The lowest BCUT2D eigenvalue weighted by Crippen LogP contribution is -2.49. The molecule has 0 unspecified atom stereocenters. The second-order valence-corrected chi connectivity index (χ2v) is 9.47. The van der Waals surface area contributed by atoms with Gasteiger partial charge in [-0.05, 0) is 35.4 Å². The molecular weight excluding hydrogens is 524 g/mol. The second kappa shape index (κ2) is 13.1. The highest BCUT2D eigenvalue weighted by Crippen LogP contribution is 2.29. The molecule has 1 aromatic heterocycles. The Labute approximate surface area is 231 Å². The fourth-order valence-corrected chi connectivity index (χ4v) is 4.35. The van der Waals surface area contributed by atoms with Gasteiger partial charge in [0.05, 0.1) is 19.0 Å². The molecule has 0 saturated carbocycles. The summed E-state index contributed by atoms with van der Waals surface area (Å²) >= 11 is 6.02. The van der Waals surface area contributed by atoms with Crippen molar-refractivity contribution in [3.05, 3.63) is 75.2 Å². The van der Waals surface area contributed by atoms with Crippen molar-refractivity contribution < 1.29 is 19.1 Å². The van der Waals surface area contributed by atoms with Crippen LogP contribution in [0.15, 0.2) is 53.5 Å². The molecule has 0 aliphatic carbocycles. The van der Waals surface area contributed by atoms with E-state index in [0.29, 0.717) is 36.8 Å². The van der Waals surface area contributed by atoms with Crippen LogP contribution in [0.1, 0.15) is 18.1 Å². The maximum atomic E-state index is 12.9. The van der Waals surface area contributed by atoms with Gasteiger partial charge in [-0.15, -0.1) is 0 Å². The Hall–Kier alpha value is -4.09. The van der Waals surface area contributed by atoms with Crippen molar-refractivity contribution in [1.29, 1.82) is 0 Å². The molecule has 1 aliphatic rings.